The molecule has 0 radical (unpaired) electrons. The molecule has 0 aromatic heterocycles. The molecule has 0 unspecified atom stereocenters. The van der Waals surface area contributed by atoms with E-state index in [0.717, 1.165) is 38.8 Å². The van der Waals surface area contributed by atoms with Gasteiger partial charge in [0.1, 0.15) is 6.04 Å². The van der Waals surface area contributed by atoms with Crippen LogP contribution < -0.4 is 5.32 Å². The largest absolute Gasteiger partial charge is 0.347 e. The topological polar surface area (TPSA) is 52.7 Å². The van der Waals surface area contributed by atoms with Gasteiger partial charge < -0.3 is 15.1 Å². The highest BCUT2D eigenvalue weighted by Gasteiger charge is 2.43. The SMILES string of the molecule is CC(=O)N1CCC[C@@H]1C(=O)N[C@@H]1CCC2(CCN(CCC(C)(C)C)CC2)c2ccccc21.[HH]. The lowest BCUT2D eigenvalue weighted by atomic mass is 9.63. The second kappa shape index (κ2) is 9.17. The fourth-order valence-electron chi connectivity index (χ4n) is 6.05. The average Bonchev–Trinajstić information content (AvgIpc) is 3.26. The molecule has 1 N–H and O–H groups in total. The van der Waals surface area contributed by atoms with E-state index in [1.54, 1.807) is 11.8 Å². The quantitative estimate of drug-likeness (QED) is 0.739. The third-order valence-corrected chi connectivity index (χ3v) is 8.09. The van der Waals surface area contributed by atoms with Crippen LogP contribution in [-0.4, -0.2) is 53.8 Å². The van der Waals surface area contributed by atoms with Crippen LogP contribution in [0.3, 0.4) is 0 Å². The van der Waals surface area contributed by atoms with E-state index in [1.807, 2.05) is 0 Å². The van der Waals surface area contributed by atoms with Crippen LogP contribution in [0.25, 0.3) is 0 Å². The molecule has 5 heteroatoms. The van der Waals surface area contributed by atoms with Gasteiger partial charge in [-0.15, -0.1) is 0 Å². The van der Waals surface area contributed by atoms with Crippen LogP contribution in [0.1, 0.15) is 91.2 Å². The van der Waals surface area contributed by atoms with E-state index in [1.165, 1.54) is 36.9 Å². The van der Waals surface area contributed by atoms with Crippen molar-refractivity contribution in [1.29, 1.82) is 0 Å². The van der Waals surface area contributed by atoms with Gasteiger partial charge in [-0.25, -0.2) is 0 Å². The maximum Gasteiger partial charge on any atom is 0.243 e. The fourth-order valence-corrected chi connectivity index (χ4v) is 6.05. The Morgan fingerprint density at radius 1 is 1.09 bits per heavy atom. The van der Waals surface area contributed by atoms with E-state index in [-0.39, 0.29) is 30.7 Å². The van der Waals surface area contributed by atoms with Crippen molar-refractivity contribution in [3.8, 4) is 0 Å². The Kier molecular flexibility index (Phi) is 6.67. The lowest BCUT2D eigenvalue weighted by Crippen LogP contribution is -2.49. The highest BCUT2D eigenvalue weighted by Crippen LogP contribution is 2.48. The van der Waals surface area contributed by atoms with Gasteiger partial charge in [-0.1, -0.05) is 45.0 Å². The Morgan fingerprint density at radius 3 is 2.50 bits per heavy atom. The van der Waals surface area contributed by atoms with E-state index in [0.29, 0.717) is 12.0 Å². The molecule has 178 valence electrons. The normalized spacial score (nSPS) is 25.6. The van der Waals surface area contributed by atoms with Gasteiger partial charge in [-0.05, 0) is 86.5 Å². The molecule has 32 heavy (non-hydrogen) atoms. The molecule has 1 aliphatic carbocycles. The van der Waals surface area contributed by atoms with Gasteiger partial charge in [0.05, 0.1) is 6.04 Å². The van der Waals surface area contributed by atoms with Gasteiger partial charge in [-0.2, -0.15) is 0 Å². The van der Waals surface area contributed by atoms with Crippen molar-refractivity contribution >= 4 is 11.8 Å². The van der Waals surface area contributed by atoms with Crippen LogP contribution in [0.5, 0.6) is 0 Å². The first kappa shape index (κ1) is 23.3. The minimum atomic E-state index is -0.304. The maximum atomic E-state index is 13.1. The van der Waals surface area contributed by atoms with Crippen molar-refractivity contribution in [3.05, 3.63) is 35.4 Å². The molecule has 4 rings (SSSR count). The number of rotatable bonds is 4. The number of amides is 2. The zero-order valence-electron chi connectivity index (χ0n) is 20.5. The molecule has 2 aliphatic heterocycles. The summed E-state index contributed by atoms with van der Waals surface area (Å²) in [7, 11) is 0. The average molecular weight is 442 g/mol. The number of carbonyl (C=O) groups excluding carboxylic acids is 2. The smallest absolute Gasteiger partial charge is 0.243 e. The van der Waals surface area contributed by atoms with Crippen molar-refractivity contribution in [2.45, 2.75) is 90.1 Å². The molecule has 3 aliphatic rings. The molecular formula is C27H43N3O2. The maximum absolute atomic E-state index is 13.1. The van der Waals surface area contributed by atoms with Crippen LogP contribution in [0.2, 0.25) is 0 Å². The number of likely N-dealkylation sites (tertiary alicyclic amines) is 2. The van der Waals surface area contributed by atoms with Crippen molar-refractivity contribution < 1.29 is 11.0 Å². The fraction of sp³-hybridized carbons (Fsp3) is 0.704. The molecule has 2 atom stereocenters. The predicted octanol–water partition coefficient (Wildman–Crippen LogP) is 4.66. The number of piperidine rings is 1. The molecule has 0 saturated carbocycles. The Balaban J connectivity index is 0.00000306. The second-order valence-electron chi connectivity index (χ2n) is 11.5. The van der Waals surface area contributed by atoms with E-state index in [4.69, 9.17) is 0 Å². The van der Waals surface area contributed by atoms with E-state index in [2.05, 4.69) is 55.3 Å². The third-order valence-electron chi connectivity index (χ3n) is 8.09. The Bertz CT molecular complexity index is 842. The number of benzene rings is 1. The van der Waals surface area contributed by atoms with Crippen LogP contribution in [-0.2, 0) is 15.0 Å². The number of hydrogen-bond acceptors (Lipinski definition) is 3. The minimum absolute atomic E-state index is 0. The summed E-state index contributed by atoms with van der Waals surface area (Å²) in [4.78, 5) is 29.4. The Labute approximate surface area is 195 Å². The highest BCUT2D eigenvalue weighted by molar-refractivity contribution is 5.87. The molecule has 2 heterocycles. The summed E-state index contributed by atoms with van der Waals surface area (Å²) >= 11 is 0. The van der Waals surface area contributed by atoms with Gasteiger partial charge in [0.2, 0.25) is 11.8 Å². The standard InChI is InChI=1S/C27H41N3O2.H2/c1-20(31)30-16-7-10-24(30)25(32)28-23-11-12-27(22-9-6-5-8-21(22)23)14-18-29(19-15-27)17-13-26(2,3)4;/h5-6,8-9,23-24H,7,10-19H2,1-4H3,(H,28,32);1H/t23-,24-;/m1./s1. The number of fused-ring (bicyclic) bond motifs is 2. The summed E-state index contributed by atoms with van der Waals surface area (Å²) in [6.45, 7) is 12.8. The molecule has 5 nitrogen and oxygen atoms in total. The molecule has 2 fully saturated rings. The first-order valence-corrected chi connectivity index (χ1v) is 12.6. The zero-order chi connectivity index (χ0) is 22.9. The molecule has 2 saturated heterocycles. The lowest BCUT2D eigenvalue weighted by Gasteiger charge is -2.47. The van der Waals surface area contributed by atoms with Crippen molar-refractivity contribution in [2.75, 3.05) is 26.2 Å². The molecule has 2 amide bonds. The third kappa shape index (κ3) is 4.88. The summed E-state index contributed by atoms with van der Waals surface area (Å²) in [5, 5.41) is 3.33. The van der Waals surface area contributed by atoms with Crippen LogP contribution in [0.15, 0.2) is 24.3 Å². The van der Waals surface area contributed by atoms with Crippen molar-refractivity contribution in [2.24, 2.45) is 5.41 Å². The van der Waals surface area contributed by atoms with E-state index >= 15 is 0 Å². The first-order chi connectivity index (χ1) is 15.2. The van der Waals surface area contributed by atoms with Crippen LogP contribution >= 0.6 is 0 Å². The van der Waals surface area contributed by atoms with E-state index < -0.39 is 0 Å². The number of carbonyl (C=O) groups is 2. The summed E-state index contributed by atoms with van der Waals surface area (Å²) < 4.78 is 0. The Morgan fingerprint density at radius 2 is 1.81 bits per heavy atom. The molecule has 1 spiro atoms. The van der Waals surface area contributed by atoms with Crippen molar-refractivity contribution in [1.82, 2.24) is 15.1 Å². The van der Waals surface area contributed by atoms with Crippen molar-refractivity contribution in [3.63, 3.8) is 0 Å². The van der Waals surface area contributed by atoms with E-state index in [9.17, 15) is 9.59 Å². The summed E-state index contributed by atoms with van der Waals surface area (Å²) in [6, 6.07) is 8.53. The van der Waals surface area contributed by atoms with Gasteiger partial charge in [-0.3, -0.25) is 9.59 Å². The molecule has 0 bridgehead atoms. The van der Waals surface area contributed by atoms with Gasteiger partial charge in [0.15, 0.2) is 0 Å². The summed E-state index contributed by atoms with van der Waals surface area (Å²) in [6.07, 6.45) is 7.44. The number of hydrogen-bond donors (Lipinski definition) is 1. The lowest BCUT2D eigenvalue weighted by molar-refractivity contribution is -0.137. The van der Waals surface area contributed by atoms with Gasteiger partial charge in [0, 0.05) is 14.9 Å². The monoisotopic (exact) mass is 441 g/mol. The summed E-state index contributed by atoms with van der Waals surface area (Å²) in [5.74, 6) is 0.0225. The minimum Gasteiger partial charge on any atom is -0.347 e. The van der Waals surface area contributed by atoms with Crippen LogP contribution in [0.4, 0.5) is 0 Å². The molecule has 1 aromatic rings. The summed E-state index contributed by atoms with van der Waals surface area (Å²) in [5.41, 5.74) is 3.37. The molecular weight excluding hydrogens is 398 g/mol. The number of nitrogens with zero attached hydrogens (tertiary/aromatic N) is 2. The zero-order valence-corrected chi connectivity index (χ0v) is 20.5. The second-order valence-corrected chi connectivity index (χ2v) is 11.5. The Hall–Kier alpha value is -1.88. The van der Waals surface area contributed by atoms with Gasteiger partial charge >= 0.3 is 0 Å². The number of nitrogens with one attached hydrogen (secondary N) is 1. The predicted molar refractivity (Wildman–Crippen MR) is 131 cm³/mol. The van der Waals surface area contributed by atoms with Gasteiger partial charge in [0.25, 0.3) is 0 Å². The first-order valence-electron chi connectivity index (χ1n) is 12.6. The van der Waals surface area contributed by atoms with Crippen LogP contribution in [0, 0.1) is 5.41 Å². The highest BCUT2D eigenvalue weighted by atomic mass is 16.2. The molecule has 1 aromatic carbocycles.